The van der Waals surface area contributed by atoms with E-state index in [0.29, 0.717) is 17.7 Å². The van der Waals surface area contributed by atoms with Gasteiger partial charge in [-0.15, -0.1) is 0 Å². The van der Waals surface area contributed by atoms with Crippen molar-refractivity contribution in [1.29, 1.82) is 5.26 Å². The van der Waals surface area contributed by atoms with Gasteiger partial charge in [0.25, 0.3) is 5.91 Å². The van der Waals surface area contributed by atoms with Crippen molar-refractivity contribution < 1.29 is 4.79 Å². The van der Waals surface area contributed by atoms with E-state index in [9.17, 15) is 4.79 Å². The van der Waals surface area contributed by atoms with Crippen molar-refractivity contribution in [2.24, 2.45) is 11.7 Å². The van der Waals surface area contributed by atoms with E-state index < -0.39 is 5.91 Å². The molecule has 1 fully saturated rings. The van der Waals surface area contributed by atoms with Gasteiger partial charge in [0, 0.05) is 11.7 Å². The number of carbonyl (C=O) groups is 1. The second-order valence-corrected chi connectivity index (χ2v) is 3.44. The molecule has 0 saturated heterocycles. The second kappa shape index (κ2) is 3.48. The third-order valence-electron chi connectivity index (χ3n) is 2.24. The summed E-state index contributed by atoms with van der Waals surface area (Å²) in [5, 5.41) is 11.7. The molecular formula is C9H13N3O. The molecule has 1 rings (SSSR count). The highest BCUT2D eigenvalue weighted by molar-refractivity contribution is 5.96. The molecule has 1 saturated carbocycles. The average Bonchev–Trinajstić information content (AvgIpc) is 2.66. The van der Waals surface area contributed by atoms with Crippen LogP contribution in [0, 0.1) is 17.2 Å². The molecule has 0 bridgehead atoms. The lowest BCUT2D eigenvalue weighted by molar-refractivity contribution is -0.114. The Kier molecular flexibility index (Phi) is 2.57. The van der Waals surface area contributed by atoms with Gasteiger partial charge in [-0.05, 0) is 19.3 Å². The van der Waals surface area contributed by atoms with Crippen LogP contribution >= 0.6 is 0 Å². The number of hydrogen-bond acceptors (Lipinski definition) is 3. The Balaban J connectivity index is 2.66. The minimum absolute atomic E-state index is 0.0269. The van der Waals surface area contributed by atoms with Crippen molar-refractivity contribution in [3.05, 3.63) is 11.3 Å². The van der Waals surface area contributed by atoms with Crippen LogP contribution in [0.15, 0.2) is 11.3 Å². The number of nitrogens with zero attached hydrogens (tertiary/aromatic N) is 1. The molecule has 1 aliphatic rings. The molecule has 0 heterocycles. The Hall–Kier alpha value is -1.50. The molecule has 0 aromatic rings. The lowest BCUT2D eigenvalue weighted by Crippen LogP contribution is -2.22. The Bertz CT molecular complexity index is 300. The first-order chi connectivity index (χ1) is 6.06. The highest BCUT2D eigenvalue weighted by Gasteiger charge is 2.32. The summed E-state index contributed by atoms with van der Waals surface area (Å²) in [6.07, 6.45) is 1.09. The minimum Gasteiger partial charge on any atom is -0.384 e. The monoisotopic (exact) mass is 179 g/mol. The Morgan fingerprint density at radius 3 is 2.54 bits per heavy atom. The number of nitrogens with one attached hydrogen (secondary N) is 1. The van der Waals surface area contributed by atoms with Crippen LogP contribution in [0.1, 0.15) is 20.3 Å². The quantitative estimate of drug-likeness (QED) is 0.482. The van der Waals surface area contributed by atoms with Gasteiger partial charge in [-0.3, -0.25) is 4.79 Å². The predicted octanol–water partition coefficient (Wildman–Crippen LogP) is 0.267. The molecular weight excluding hydrogens is 166 g/mol. The van der Waals surface area contributed by atoms with Gasteiger partial charge >= 0.3 is 0 Å². The summed E-state index contributed by atoms with van der Waals surface area (Å²) in [6, 6.07) is 2.20. The van der Waals surface area contributed by atoms with Crippen molar-refractivity contribution in [3.8, 4) is 6.07 Å². The van der Waals surface area contributed by atoms with Crippen LogP contribution in [-0.2, 0) is 4.79 Å². The Morgan fingerprint density at radius 2 is 2.23 bits per heavy atom. The number of nitrogens with two attached hydrogens (primary N) is 1. The first-order valence-corrected chi connectivity index (χ1v) is 4.23. The molecule has 4 nitrogen and oxygen atoms in total. The van der Waals surface area contributed by atoms with Crippen LogP contribution in [0.3, 0.4) is 0 Å². The van der Waals surface area contributed by atoms with Crippen molar-refractivity contribution in [2.75, 3.05) is 0 Å². The molecule has 3 N–H and O–H groups in total. The number of hydrogen-bond donors (Lipinski definition) is 2. The first kappa shape index (κ1) is 9.59. The van der Waals surface area contributed by atoms with Crippen LogP contribution < -0.4 is 11.1 Å². The van der Waals surface area contributed by atoms with Crippen LogP contribution in [-0.4, -0.2) is 11.9 Å². The van der Waals surface area contributed by atoms with Crippen LogP contribution in [0.4, 0.5) is 0 Å². The maximum absolute atomic E-state index is 10.8. The molecule has 0 aliphatic heterocycles. The van der Waals surface area contributed by atoms with Crippen molar-refractivity contribution in [2.45, 2.75) is 26.3 Å². The third kappa shape index (κ3) is 2.22. The number of nitriles is 1. The number of carbonyl (C=O) groups excluding carboxylic acids is 1. The number of rotatable bonds is 3. The fraction of sp³-hybridized carbons (Fsp3) is 0.556. The van der Waals surface area contributed by atoms with E-state index in [-0.39, 0.29) is 5.57 Å². The van der Waals surface area contributed by atoms with E-state index in [1.807, 2.05) is 0 Å². The van der Waals surface area contributed by atoms with Gasteiger partial charge in [0.05, 0.1) is 0 Å². The van der Waals surface area contributed by atoms with Gasteiger partial charge in [0.2, 0.25) is 0 Å². The normalized spacial score (nSPS) is 27.2. The van der Waals surface area contributed by atoms with Gasteiger partial charge in [-0.2, -0.15) is 5.26 Å². The van der Waals surface area contributed by atoms with Gasteiger partial charge in [0.15, 0.2) is 0 Å². The largest absolute Gasteiger partial charge is 0.384 e. The Morgan fingerprint density at radius 1 is 1.69 bits per heavy atom. The maximum atomic E-state index is 10.8. The topological polar surface area (TPSA) is 78.9 Å². The van der Waals surface area contributed by atoms with Gasteiger partial charge < -0.3 is 11.1 Å². The van der Waals surface area contributed by atoms with E-state index in [1.165, 1.54) is 0 Å². The zero-order chi connectivity index (χ0) is 10.0. The zero-order valence-electron chi connectivity index (χ0n) is 7.79. The molecule has 1 amide bonds. The van der Waals surface area contributed by atoms with Gasteiger partial charge in [0.1, 0.15) is 11.6 Å². The summed E-state index contributed by atoms with van der Waals surface area (Å²) in [5.74, 6) is -0.0384. The van der Waals surface area contributed by atoms with E-state index in [4.69, 9.17) is 11.0 Å². The van der Waals surface area contributed by atoms with Crippen molar-refractivity contribution in [1.82, 2.24) is 5.32 Å². The predicted molar refractivity (Wildman–Crippen MR) is 48.2 cm³/mol. The average molecular weight is 179 g/mol. The fourth-order valence-corrected chi connectivity index (χ4v) is 1.20. The minimum atomic E-state index is -0.666. The first-order valence-electron chi connectivity index (χ1n) is 4.23. The third-order valence-corrected chi connectivity index (χ3v) is 2.24. The number of amides is 1. The SMILES string of the molecule is C/C(N[C@@H]1C[C@H]1C)=C(\C#N)C(N)=O. The highest BCUT2D eigenvalue weighted by Crippen LogP contribution is 2.30. The van der Waals surface area contributed by atoms with E-state index in [2.05, 4.69) is 12.2 Å². The van der Waals surface area contributed by atoms with E-state index >= 15 is 0 Å². The molecule has 70 valence electrons. The molecule has 2 atom stereocenters. The van der Waals surface area contributed by atoms with Crippen molar-refractivity contribution >= 4 is 5.91 Å². The molecule has 0 spiro atoms. The summed E-state index contributed by atoms with van der Waals surface area (Å²) in [6.45, 7) is 3.82. The summed E-state index contributed by atoms with van der Waals surface area (Å²) in [4.78, 5) is 10.8. The molecule has 1 aliphatic carbocycles. The molecule has 13 heavy (non-hydrogen) atoms. The summed E-state index contributed by atoms with van der Waals surface area (Å²) in [5.41, 5.74) is 5.63. The van der Waals surface area contributed by atoms with E-state index in [0.717, 1.165) is 6.42 Å². The summed E-state index contributed by atoms with van der Waals surface area (Å²) in [7, 11) is 0. The second-order valence-electron chi connectivity index (χ2n) is 3.44. The van der Waals surface area contributed by atoms with Crippen LogP contribution in [0.25, 0.3) is 0 Å². The van der Waals surface area contributed by atoms with Crippen LogP contribution in [0.5, 0.6) is 0 Å². The standard InChI is InChI=1S/C9H13N3O/c1-5-3-8(5)12-6(2)7(4-10)9(11)13/h5,8,12H,3H2,1-2H3,(H2,11,13)/b7-6-/t5-,8-/m1/s1. The van der Waals surface area contributed by atoms with Gasteiger partial charge in [-0.25, -0.2) is 0 Å². The Labute approximate surface area is 77.4 Å². The number of allylic oxidation sites excluding steroid dienone is 1. The number of primary amides is 1. The molecule has 4 heteroatoms. The zero-order valence-corrected chi connectivity index (χ0v) is 7.79. The lowest BCUT2D eigenvalue weighted by Gasteiger charge is -2.05. The van der Waals surface area contributed by atoms with Crippen LogP contribution in [0.2, 0.25) is 0 Å². The molecule has 0 aromatic heterocycles. The molecule has 0 radical (unpaired) electrons. The molecule has 0 aromatic carbocycles. The fourth-order valence-electron chi connectivity index (χ4n) is 1.20. The highest BCUT2D eigenvalue weighted by atomic mass is 16.1. The summed E-state index contributed by atoms with van der Waals surface area (Å²) >= 11 is 0. The van der Waals surface area contributed by atoms with Gasteiger partial charge in [-0.1, -0.05) is 6.92 Å². The maximum Gasteiger partial charge on any atom is 0.261 e. The lowest BCUT2D eigenvalue weighted by atomic mass is 10.2. The molecule has 0 unspecified atom stereocenters. The summed E-state index contributed by atoms with van der Waals surface area (Å²) < 4.78 is 0. The smallest absolute Gasteiger partial charge is 0.261 e. The van der Waals surface area contributed by atoms with Crippen molar-refractivity contribution in [3.63, 3.8) is 0 Å². The van der Waals surface area contributed by atoms with E-state index in [1.54, 1.807) is 13.0 Å².